The summed E-state index contributed by atoms with van der Waals surface area (Å²) >= 11 is 0. The van der Waals surface area contributed by atoms with Gasteiger partial charge in [0.1, 0.15) is 5.75 Å². The van der Waals surface area contributed by atoms with Crippen molar-refractivity contribution in [1.29, 1.82) is 0 Å². The van der Waals surface area contributed by atoms with Gasteiger partial charge < -0.3 is 24.8 Å². The minimum atomic E-state index is -2.71. The van der Waals surface area contributed by atoms with E-state index in [9.17, 15) is 20.1 Å². The van der Waals surface area contributed by atoms with Crippen LogP contribution in [-0.2, 0) is 0 Å². The lowest BCUT2D eigenvalue weighted by Gasteiger charge is -2.35. The maximum absolute atomic E-state index is 12.4. The number of hydrogen-bond acceptors (Lipinski definition) is 6. The zero-order chi connectivity index (χ0) is 15.9. The van der Waals surface area contributed by atoms with Crippen LogP contribution >= 0.6 is 0 Å². The number of ketones is 1. The first-order valence-electron chi connectivity index (χ1n) is 6.57. The fraction of sp³-hybridized carbons (Fsp3) is 0.188. The molecular formula is C16H14O6. The number of ether oxygens (including phenoxy) is 2. The van der Waals surface area contributed by atoms with Crippen LogP contribution in [0, 0.1) is 0 Å². The fourth-order valence-electron chi connectivity index (χ4n) is 2.44. The Bertz CT molecular complexity index is 723. The molecule has 0 spiro atoms. The van der Waals surface area contributed by atoms with Crippen LogP contribution in [-0.4, -0.2) is 34.0 Å². The summed E-state index contributed by atoms with van der Waals surface area (Å²) in [6.07, 6.45) is -1.29. The van der Waals surface area contributed by atoms with E-state index in [4.69, 9.17) is 9.47 Å². The predicted octanol–water partition coefficient (Wildman–Crippen LogP) is 1.40. The smallest absolute Gasteiger partial charge is 0.271 e. The van der Waals surface area contributed by atoms with Gasteiger partial charge in [0.25, 0.3) is 5.79 Å². The van der Waals surface area contributed by atoms with Gasteiger partial charge >= 0.3 is 0 Å². The molecule has 6 heteroatoms. The minimum absolute atomic E-state index is 0.0460. The lowest BCUT2D eigenvalue weighted by atomic mass is 9.90. The molecule has 0 aliphatic carbocycles. The van der Waals surface area contributed by atoms with Gasteiger partial charge in [0.15, 0.2) is 17.6 Å². The number of Topliss-reactive ketones (excluding diaryl/α,β-unsaturated/α-hetero) is 1. The lowest BCUT2D eigenvalue weighted by Crippen LogP contribution is -2.49. The summed E-state index contributed by atoms with van der Waals surface area (Å²) in [5.74, 6) is -3.72. The molecule has 0 fully saturated rings. The molecule has 1 aliphatic rings. The number of phenolic OH excluding ortho intramolecular Hbond substituents is 1. The van der Waals surface area contributed by atoms with Crippen molar-refractivity contribution in [2.75, 3.05) is 7.11 Å². The van der Waals surface area contributed by atoms with E-state index in [1.54, 1.807) is 30.3 Å². The zero-order valence-corrected chi connectivity index (χ0v) is 11.7. The summed E-state index contributed by atoms with van der Waals surface area (Å²) in [7, 11) is 1.33. The Morgan fingerprint density at radius 2 is 1.86 bits per heavy atom. The Labute approximate surface area is 126 Å². The molecule has 3 rings (SSSR count). The molecule has 0 saturated heterocycles. The molecule has 0 radical (unpaired) electrons. The number of carbonyl (C=O) groups is 1. The van der Waals surface area contributed by atoms with Gasteiger partial charge in [-0.1, -0.05) is 30.3 Å². The van der Waals surface area contributed by atoms with Crippen LogP contribution in [0.15, 0.2) is 42.5 Å². The third-order valence-electron chi connectivity index (χ3n) is 3.57. The van der Waals surface area contributed by atoms with E-state index in [-0.39, 0.29) is 22.8 Å². The van der Waals surface area contributed by atoms with Crippen LogP contribution in [0.4, 0.5) is 0 Å². The largest absolute Gasteiger partial charge is 0.504 e. The number of rotatable bonds is 2. The third-order valence-corrected chi connectivity index (χ3v) is 3.57. The van der Waals surface area contributed by atoms with Crippen molar-refractivity contribution >= 4 is 5.78 Å². The lowest BCUT2D eigenvalue weighted by molar-refractivity contribution is -0.186. The van der Waals surface area contributed by atoms with Crippen molar-refractivity contribution in [2.45, 2.75) is 11.9 Å². The highest BCUT2D eigenvalue weighted by atomic mass is 16.6. The van der Waals surface area contributed by atoms with Crippen LogP contribution in [0.5, 0.6) is 17.2 Å². The number of aromatic hydroxyl groups is 1. The van der Waals surface area contributed by atoms with Gasteiger partial charge in [-0.3, -0.25) is 4.79 Å². The molecule has 0 saturated carbocycles. The third kappa shape index (κ3) is 2.09. The van der Waals surface area contributed by atoms with Crippen molar-refractivity contribution < 1.29 is 29.6 Å². The number of aliphatic hydroxyl groups is 2. The topological polar surface area (TPSA) is 96.2 Å². The molecule has 0 aromatic heterocycles. The second-order valence-electron chi connectivity index (χ2n) is 4.98. The Morgan fingerprint density at radius 3 is 2.50 bits per heavy atom. The molecule has 2 aromatic rings. The second-order valence-corrected chi connectivity index (χ2v) is 4.98. The van der Waals surface area contributed by atoms with E-state index in [1.807, 2.05) is 0 Å². The number of phenols is 1. The summed E-state index contributed by atoms with van der Waals surface area (Å²) in [5, 5.41) is 30.2. The van der Waals surface area contributed by atoms with Crippen LogP contribution in [0.2, 0.25) is 0 Å². The van der Waals surface area contributed by atoms with Crippen LogP contribution in [0.3, 0.4) is 0 Å². The monoisotopic (exact) mass is 302 g/mol. The molecule has 1 heterocycles. The molecule has 114 valence electrons. The first kappa shape index (κ1) is 14.4. The van der Waals surface area contributed by atoms with Gasteiger partial charge in [-0.2, -0.15) is 0 Å². The average molecular weight is 302 g/mol. The van der Waals surface area contributed by atoms with Crippen LogP contribution < -0.4 is 9.47 Å². The predicted molar refractivity (Wildman–Crippen MR) is 76.0 cm³/mol. The fourth-order valence-corrected chi connectivity index (χ4v) is 2.44. The summed E-state index contributed by atoms with van der Waals surface area (Å²) in [4.78, 5) is 12.4. The number of benzene rings is 2. The molecule has 0 bridgehead atoms. The van der Waals surface area contributed by atoms with Crippen molar-refractivity contribution in [3.63, 3.8) is 0 Å². The first-order valence-corrected chi connectivity index (χ1v) is 6.57. The van der Waals surface area contributed by atoms with Gasteiger partial charge in [0, 0.05) is 6.07 Å². The maximum Gasteiger partial charge on any atom is 0.271 e. The molecule has 1 atom stereocenters. The van der Waals surface area contributed by atoms with E-state index < -0.39 is 17.7 Å². The van der Waals surface area contributed by atoms with Gasteiger partial charge in [-0.15, -0.1) is 0 Å². The Kier molecular flexibility index (Phi) is 3.27. The highest BCUT2D eigenvalue weighted by molar-refractivity contribution is 6.05. The molecule has 0 amide bonds. The standard InChI is InChI=1S/C16H14O6/c1-21-13-7-10-12(8-11(13)17)22-15(16(19,20)14(10)18)9-5-3-2-4-6-9/h2-8,15,17,19-20H,1H3/t15-/m0/s1. The Balaban J connectivity index is 2.13. The SMILES string of the molecule is COc1cc2c(cc1O)O[C@@H](c1ccccc1)C(O)(O)C2=O. The molecule has 1 aliphatic heterocycles. The van der Waals surface area contributed by atoms with Crippen molar-refractivity contribution in [3.05, 3.63) is 53.6 Å². The van der Waals surface area contributed by atoms with Gasteiger partial charge in [-0.05, 0) is 11.6 Å². The molecule has 0 unspecified atom stereocenters. The normalized spacial score (nSPS) is 19.2. The number of carbonyl (C=O) groups excluding carboxylic acids is 1. The summed E-state index contributed by atoms with van der Waals surface area (Å²) in [6, 6.07) is 10.8. The van der Waals surface area contributed by atoms with Crippen LogP contribution in [0.1, 0.15) is 22.0 Å². The van der Waals surface area contributed by atoms with Gasteiger partial charge in [0.05, 0.1) is 12.7 Å². The number of methoxy groups -OCH3 is 1. The highest BCUT2D eigenvalue weighted by Crippen LogP contribution is 2.44. The van der Waals surface area contributed by atoms with E-state index in [2.05, 4.69) is 0 Å². The quantitative estimate of drug-likeness (QED) is 0.726. The van der Waals surface area contributed by atoms with Gasteiger partial charge in [-0.25, -0.2) is 0 Å². The molecule has 3 N–H and O–H groups in total. The maximum atomic E-state index is 12.4. The van der Waals surface area contributed by atoms with E-state index >= 15 is 0 Å². The van der Waals surface area contributed by atoms with Crippen molar-refractivity contribution in [3.8, 4) is 17.2 Å². The van der Waals surface area contributed by atoms with E-state index in [0.29, 0.717) is 5.56 Å². The highest BCUT2D eigenvalue weighted by Gasteiger charge is 2.50. The molecule has 2 aromatic carbocycles. The van der Waals surface area contributed by atoms with Gasteiger partial charge in [0.2, 0.25) is 5.78 Å². The Hall–Kier alpha value is -2.57. The second kappa shape index (κ2) is 5.01. The average Bonchev–Trinajstić information content (AvgIpc) is 2.51. The number of hydrogen-bond donors (Lipinski definition) is 3. The van der Waals surface area contributed by atoms with Crippen LogP contribution in [0.25, 0.3) is 0 Å². The zero-order valence-electron chi connectivity index (χ0n) is 11.7. The summed E-state index contributed by atoms with van der Waals surface area (Å²) in [6.45, 7) is 0. The molecular weight excluding hydrogens is 288 g/mol. The van der Waals surface area contributed by atoms with Crippen molar-refractivity contribution in [2.24, 2.45) is 0 Å². The van der Waals surface area contributed by atoms with Crippen molar-refractivity contribution in [1.82, 2.24) is 0 Å². The van der Waals surface area contributed by atoms with E-state index in [0.717, 1.165) is 0 Å². The summed E-state index contributed by atoms with van der Waals surface area (Å²) < 4.78 is 10.5. The molecule has 6 nitrogen and oxygen atoms in total. The minimum Gasteiger partial charge on any atom is -0.504 e. The van der Waals surface area contributed by atoms with E-state index in [1.165, 1.54) is 19.2 Å². The first-order chi connectivity index (χ1) is 10.4. The molecule has 22 heavy (non-hydrogen) atoms. The Morgan fingerprint density at radius 1 is 1.18 bits per heavy atom. The number of fused-ring (bicyclic) bond motifs is 1. The summed E-state index contributed by atoms with van der Waals surface area (Å²) in [5.41, 5.74) is 0.369.